The maximum atomic E-state index is 12.9. The number of ether oxygens (including phenoxy) is 2. The summed E-state index contributed by atoms with van der Waals surface area (Å²) in [6.45, 7) is 2.23. The van der Waals surface area contributed by atoms with E-state index in [1.165, 1.54) is 0 Å². The van der Waals surface area contributed by atoms with Crippen molar-refractivity contribution < 1.29 is 23.9 Å². The van der Waals surface area contributed by atoms with E-state index in [1.807, 2.05) is 4.90 Å². The molecule has 3 amide bonds. The zero-order valence-electron chi connectivity index (χ0n) is 17.1. The van der Waals surface area contributed by atoms with Gasteiger partial charge >= 0.3 is 0 Å². The highest BCUT2D eigenvalue weighted by molar-refractivity contribution is 5.95. The molecule has 0 bridgehead atoms. The third kappa shape index (κ3) is 4.81. The summed E-state index contributed by atoms with van der Waals surface area (Å²) in [6.07, 6.45) is 2.55. The minimum Gasteiger partial charge on any atom is -0.497 e. The molecule has 3 rings (SSSR count). The Hall–Kier alpha value is -2.77. The van der Waals surface area contributed by atoms with Gasteiger partial charge in [0, 0.05) is 49.6 Å². The Morgan fingerprint density at radius 1 is 0.828 bits per heavy atom. The molecule has 8 nitrogen and oxygen atoms in total. The van der Waals surface area contributed by atoms with Gasteiger partial charge in [-0.25, -0.2) is 0 Å². The van der Waals surface area contributed by atoms with Crippen LogP contribution in [0.1, 0.15) is 36.0 Å². The summed E-state index contributed by atoms with van der Waals surface area (Å²) in [4.78, 5) is 40.6. The van der Waals surface area contributed by atoms with E-state index in [-0.39, 0.29) is 29.6 Å². The monoisotopic (exact) mass is 403 g/mol. The Labute approximate surface area is 170 Å². The van der Waals surface area contributed by atoms with Crippen LogP contribution >= 0.6 is 0 Å². The fourth-order valence-electron chi connectivity index (χ4n) is 4.09. The normalized spacial score (nSPS) is 18.4. The van der Waals surface area contributed by atoms with Crippen LogP contribution in [0.2, 0.25) is 0 Å². The van der Waals surface area contributed by atoms with Gasteiger partial charge in [-0.2, -0.15) is 0 Å². The number of amides is 3. The largest absolute Gasteiger partial charge is 0.497 e. The van der Waals surface area contributed by atoms with Gasteiger partial charge in [-0.3, -0.25) is 14.4 Å². The summed E-state index contributed by atoms with van der Waals surface area (Å²) < 4.78 is 10.5. The minimum absolute atomic E-state index is 0.0796. The molecule has 2 saturated heterocycles. The molecule has 29 heavy (non-hydrogen) atoms. The summed E-state index contributed by atoms with van der Waals surface area (Å²) >= 11 is 0. The van der Waals surface area contributed by atoms with Crippen molar-refractivity contribution in [1.82, 2.24) is 9.80 Å². The third-order valence-corrected chi connectivity index (χ3v) is 5.94. The number of nitrogens with zero attached hydrogens (tertiary/aromatic N) is 2. The van der Waals surface area contributed by atoms with E-state index in [9.17, 15) is 14.4 Å². The molecular formula is C21H29N3O5. The van der Waals surface area contributed by atoms with E-state index in [0.717, 1.165) is 0 Å². The number of hydrogen-bond acceptors (Lipinski definition) is 5. The van der Waals surface area contributed by atoms with Crippen LogP contribution in [0.25, 0.3) is 0 Å². The van der Waals surface area contributed by atoms with Crippen molar-refractivity contribution in [1.29, 1.82) is 0 Å². The highest BCUT2D eigenvalue weighted by Crippen LogP contribution is 2.27. The van der Waals surface area contributed by atoms with E-state index in [0.29, 0.717) is 68.9 Å². The first-order valence-electron chi connectivity index (χ1n) is 10.0. The number of likely N-dealkylation sites (tertiary alicyclic amines) is 2. The molecule has 0 radical (unpaired) electrons. The van der Waals surface area contributed by atoms with E-state index < -0.39 is 0 Å². The van der Waals surface area contributed by atoms with Crippen molar-refractivity contribution in [2.45, 2.75) is 25.7 Å². The Kier molecular flexibility index (Phi) is 6.61. The van der Waals surface area contributed by atoms with Crippen molar-refractivity contribution in [3.8, 4) is 11.5 Å². The van der Waals surface area contributed by atoms with Crippen molar-refractivity contribution in [3.63, 3.8) is 0 Å². The lowest BCUT2D eigenvalue weighted by Crippen LogP contribution is -2.47. The lowest BCUT2D eigenvalue weighted by molar-refractivity contribution is -0.139. The van der Waals surface area contributed by atoms with E-state index in [2.05, 4.69) is 0 Å². The molecule has 0 aliphatic carbocycles. The summed E-state index contributed by atoms with van der Waals surface area (Å²) in [5.41, 5.74) is 5.88. The molecule has 2 heterocycles. The zero-order valence-corrected chi connectivity index (χ0v) is 17.1. The van der Waals surface area contributed by atoms with Crippen LogP contribution < -0.4 is 15.2 Å². The van der Waals surface area contributed by atoms with Gasteiger partial charge in [0.25, 0.3) is 5.91 Å². The lowest BCUT2D eigenvalue weighted by Gasteiger charge is -2.36. The number of carbonyl (C=O) groups excluding carboxylic acids is 3. The second-order valence-electron chi connectivity index (χ2n) is 7.67. The SMILES string of the molecule is COc1cc(OC)cc(C(=O)N2CCC(C(=O)N3CCC(C(N)=O)CC3)CC2)c1. The van der Waals surface area contributed by atoms with Gasteiger partial charge in [0.15, 0.2) is 0 Å². The van der Waals surface area contributed by atoms with Crippen LogP contribution in [0.5, 0.6) is 11.5 Å². The highest BCUT2D eigenvalue weighted by atomic mass is 16.5. The predicted molar refractivity (Wildman–Crippen MR) is 107 cm³/mol. The van der Waals surface area contributed by atoms with E-state index >= 15 is 0 Å². The Bertz CT molecular complexity index is 743. The van der Waals surface area contributed by atoms with E-state index in [4.69, 9.17) is 15.2 Å². The van der Waals surface area contributed by atoms with Crippen molar-refractivity contribution >= 4 is 17.7 Å². The number of methoxy groups -OCH3 is 2. The van der Waals surface area contributed by atoms with Gasteiger partial charge in [0.05, 0.1) is 14.2 Å². The molecule has 2 aliphatic heterocycles. The summed E-state index contributed by atoms with van der Waals surface area (Å²) in [5.74, 6) is 0.688. The molecule has 0 atom stereocenters. The highest BCUT2D eigenvalue weighted by Gasteiger charge is 2.33. The fourth-order valence-corrected chi connectivity index (χ4v) is 4.09. The van der Waals surface area contributed by atoms with Gasteiger partial charge in [-0.15, -0.1) is 0 Å². The van der Waals surface area contributed by atoms with Gasteiger partial charge in [0.1, 0.15) is 11.5 Å². The molecule has 1 aromatic carbocycles. The maximum Gasteiger partial charge on any atom is 0.254 e. The van der Waals surface area contributed by atoms with Crippen LogP contribution in [0.15, 0.2) is 18.2 Å². The second kappa shape index (κ2) is 9.15. The number of benzene rings is 1. The molecule has 2 fully saturated rings. The topological polar surface area (TPSA) is 102 Å². The second-order valence-corrected chi connectivity index (χ2v) is 7.67. The van der Waals surface area contributed by atoms with Crippen LogP contribution in [-0.2, 0) is 9.59 Å². The zero-order chi connectivity index (χ0) is 21.0. The van der Waals surface area contributed by atoms with Crippen LogP contribution in [0.4, 0.5) is 0 Å². The standard InChI is InChI=1S/C21H29N3O5/c1-28-17-11-16(12-18(13-17)29-2)21(27)24-9-5-15(6-10-24)20(26)23-7-3-14(4-8-23)19(22)25/h11-15H,3-10H2,1-2H3,(H2,22,25). The number of piperidine rings is 2. The first-order valence-corrected chi connectivity index (χ1v) is 10.0. The predicted octanol–water partition coefficient (Wildman–Crippen LogP) is 1.28. The number of carbonyl (C=O) groups is 3. The minimum atomic E-state index is -0.280. The molecule has 0 unspecified atom stereocenters. The third-order valence-electron chi connectivity index (χ3n) is 5.94. The molecule has 0 spiro atoms. The molecule has 2 N–H and O–H groups in total. The quantitative estimate of drug-likeness (QED) is 0.798. The van der Waals surface area contributed by atoms with Crippen LogP contribution in [-0.4, -0.2) is 67.9 Å². The van der Waals surface area contributed by atoms with Gasteiger partial charge in [-0.1, -0.05) is 0 Å². The first-order chi connectivity index (χ1) is 13.9. The Balaban J connectivity index is 1.56. The lowest BCUT2D eigenvalue weighted by atomic mass is 9.91. The van der Waals surface area contributed by atoms with Gasteiger partial charge in [-0.05, 0) is 37.8 Å². The Morgan fingerprint density at radius 2 is 1.31 bits per heavy atom. The maximum absolute atomic E-state index is 12.9. The van der Waals surface area contributed by atoms with Gasteiger partial charge in [0.2, 0.25) is 11.8 Å². The van der Waals surface area contributed by atoms with Crippen molar-refractivity contribution in [2.75, 3.05) is 40.4 Å². The summed E-state index contributed by atoms with van der Waals surface area (Å²) in [7, 11) is 3.10. The number of hydrogen-bond donors (Lipinski definition) is 1. The molecular weight excluding hydrogens is 374 g/mol. The number of rotatable bonds is 5. The summed E-state index contributed by atoms with van der Waals surface area (Å²) in [5, 5.41) is 0. The summed E-state index contributed by atoms with van der Waals surface area (Å²) in [6, 6.07) is 5.12. The molecule has 1 aromatic rings. The molecule has 2 aliphatic rings. The molecule has 8 heteroatoms. The number of nitrogens with two attached hydrogens (primary N) is 1. The smallest absolute Gasteiger partial charge is 0.254 e. The van der Waals surface area contributed by atoms with Crippen LogP contribution in [0, 0.1) is 11.8 Å². The van der Waals surface area contributed by atoms with E-state index in [1.54, 1.807) is 37.3 Å². The fraction of sp³-hybridized carbons (Fsp3) is 0.571. The van der Waals surface area contributed by atoms with Gasteiger partial charge < -0.3 is 25.0 Å². The Morgan fingerprint density at radius 3 is 1.79 bits per heavy atom. The molecule has 158 valence electrons. The van der Waals surface area contributed by atoms with Crippen molar-refractivity contribution in [3.05, 3.63) is 23.8 Å². The first kappa shape index (κ1) is 21.0. The average Bonchev–Trinajstić information content (AvgIpc) is 2.77. The van der Waals surface area contributed by atoms with Crippen LogP contribution in [0.3, 0.4) is 0 Å². The molecule has 0 saturated carbocycles. The average molecular weight is 403 g/mol. The molecule has 0 aromatic heterocycles. The van der Waals surface area contributed by atoms with Crippen molar-refractivity contribution in [2.24, 2.45) is 17.6 Å². The number of primary amides is 1.